The second-order valence-electron chi connectivity index (χ2n) is 5.76. The van der Waals surface area contributed by atoms with Crippen molar-refractivity contribution >= 4 is 29.3 Å². The third kappa shape index (κ3) is 4.43. The maximum absolute atomic E-state index is 12.3. The molecule has 0 aromatic carbocycles. The van der Waals surface area contributed by atoms with Gasteiger partial charge in [0.2, 0.25) is 0 Å². The summed E-state index contributed by atoms with van der Waals surface area (Å²) < 4.78 is 0. The van der Waals surface area contributed by atoms with Gasteiger partial charge in [-0.1, -0.05) is 6.92 Å². The van der Waals surface area contributed by atoms with E-state index in [1.54, 1.807) is 6.08 Å². The Hall–Kier alpha value is -1.62. The monoisotopic (exact) mass is 307 g/mol. The van der Waals surface area contributed by atoms with E-state index in [2.05, 4.69) is 12.2 Å². The van der Waals surface area contributed by atoms with Crippen molar-refractivity contribution in [3.05, 3.63) is 27.5 Å². The van der Waals surface area contributed by atoms with Crippen molar-refractivity contribution in [1.82, 2.24) is 5.32 Å². The molecule has 4 nitrogen and oxygen atoms in total. The Balaban J connectivity index is 1.99. The molecular weight excluding hydrogens is 286 g/mol. The average molecular weight is 307 g/mol. The van der Waals surface area contributed by atoms with Crippen LogP contribution >= 0.6 is 11.3 Å². The molecular formula is C16H21NO3S. The summed E-state index contributed by atoms with van der Waals surface area (Å²) in [6.07, 6.45) is 7.07. The highest BCUT2D eigenvalue weighted by Gasteiger charge is 2.21. The van der Waals surface area contributed by atoms with Gasteiger partial charge in [0.1, 0.15) is 0 Å². The SMILES string of the molecule is Cc1cc(C(=O)NC2CCC(C)CC2)sc1/C=C/C(=O)O. The maximum Gasteiger partial charge on any atom is 0.328 e. The molecule has 114 valence electrons. The summed E-state index contributed by atoms with van der Waals surface area (Å²) in [4.78, 5) is 24.3. The number of hydrogen-bond donors (Lipinski definition) is 2. The van der Waals surface area contributed by atoms with Crippen molar-refractivity contribution in [2.45, 2.75) is 45.6 Å². The Morgan fingerprint density at radius 2 is 2.00 bits per heavy atom. The van der Waals surface area contributed by atoms with Crippen LogP contribution in [0.4, 0.5) is 0 Å². The number of amides is 1. The molecule has 21 heavy (non-hydrogen) atoms. The Kier molecular flexibility index (Phi) is 5.17. The molecule has 5 heteroatoms. The van der Waals surface area contributed by atoms with Crippen molar-refractivity contribution < 1.29 is 14.7 Å². The van der Waals surface area contributed by atoms with Crippen LogP contribution in [0.2, 0.25) is 0 Å². The normalized spacial score (nSPS) is 22.4. The zero-order valence-corrected chi connectivity index (χ0v) is 13.2. The number of aryl methyl sites for hydroxylation is 1. The number of thiophene rings is 1. The fraction of sp³-hybridized carbons (Fsp3) is 0.500. The van der Waals surface area contributed by atoms with E-state index >= 15 is 0 Å². The van der Waals surface area contributed by atoms with Gasteiger partial charge in [0.25, 0.3) is 5.91 Å². The summed E-state index contributed by atoms with van der Waals surface area (Å²) >= 11 is 1.34. The number of carboxylic acid groups (broad SMARTS) is 1. The molecule has 1 heterocycles. The van der Waals surface area contributed by atoms with Crippen LogP contribution < -0.4 is 5.32 Å². The number of hydrogen-bond acceptors (Lipinski definition) is 3. The molecule has 0 spiro atoms. The van der Waals surface area contributed by atoms with Crippen molar-refractivity contribution in [3.8, 4) is 0 Å². The van der Waals surface area contributed by atoms with Gasteiger partial charge in [0, 0.05) is 17.0 Å². The zero-order chi connectivity index (χ0) is 15.4. The lowest BCUT2D eigenvalue weighted by Crippen LogP contribution is -2.36. The molecule has 0 unspecified atom stereocenters. The smallest absolute Gasteiger partial charge is 0.328 e. The third-order valence-corrected chi connectivity index (χ3v) is 5.11. The van der Waals surface area contributed by atoms with Crippen LogP contribution in [0.15, 0.2) is 12.1 Å². The molecule has 1 saturated carbocycles. The van der Waals surface area contributed by atoms with Crippen LogP contribution in [0.3, 0.4) is 0 Å². The van der Waals surface area contributed by atoms with E-state index < -0.39 is 5.97 Å². The highest BCUT2D eigenvalue weighted by molar-refractivity contribution is 7.15. The first-order valence-electron chi connectivity index (χ1n) is 7.28. The first-order chi connectivity index (χ1) is 9.95. The van der Waals surface area contributed by atoms with Gasteiger partial charge in [0.05, 0.1) is 4.88 Å². The summed E-state index contributed by atoms with van der Waals surface area (Å²) in [5, 5.41) is 11.8. The van der Waals surface area contributed by atoms with E-state index in [1.807, 2.05) is 13.0 Å². The molecule has 0 bridgehead atoms. The average Bonchev–Trinajstić information content (AvgIpc) is 2.80. The zero-order valence-electron chi connectivity index (χ0n) is 12.4. The maximum atomic E-state index is 12.3. The largest absolute Gasteiger partial charge is 0.478 e. The molecule has 1 aliphatic rings. The van der Waals surface area contributed by atoms with E-state index in [9.17, 15) is 9.59 Å². The van der Waals surface area contributed by atoms with E-state index in [4.69, 9.17) is 5.11 Å². The van der Waals surface area contributed by atoms with Gasteiger partial charge in [-0.2, -0.15) is 0 Å². The molecule has 1 fully saturated rings. The molecule has 0 saturated heterocycles. The Bertz CT molecular complexity index is 554. The molecule has 1 aliphatic carbocycles. The van der Waals surface area contributed by atoms with Crippen LogP contribution in [0, 0.1) is 12.8 Å². The van der Waals surface area contributed by atoms with Crippen molar-refractivity contribution in [2.75, 3.05) is 0 Å². The molecule has 2 N–H and O–H groups in total. The quantitative estimate of drug-likeness (QED) is 0.837. The van der Waals surface area contributed by atoms with Crippen LogP contribution in [-0.4, -0.2) is 23.0 Å². The fourth-order valence-corrected chi connectivity index (χ4v) is 3.56. The minimum absolute atomic E-state index is 0.0439. The molecule has 1 aromatic heterocycles. The summed E-state index contributed by atoms with van der Waals surface area (Å²) in [6, 6.07) is 2.10. The first kappa shape index (κ1) is 15.8. The summed E-state index contributed by atoms with van der Waals surface area (Å²) in [7, 11) is 0. The van der Waals surface area contributed by atoms with E-state index in [-0.39, 0.29) is 11.9 Å². The lowest BCUT2D eigenvalue weighted by Gasteiger charge is -2.26. The number of carbonyl (C=O) groups excluding carboxylic acids is 1. The van der Waals surface area contributed by atoms with Crippen LogP contribution in [0.25, 0.3) is 6.08 Å². The van der Waals surface area contributed by atoms with Gasteiger partial charge in [0.15, 0.2) is 0 Å². The second-order valence-corrected chi connectivity index (χ2v) is 6.84. The van der Waals surface area contributed by atoms with Crippen molar-refractivity contribution in [1.29, 1.82) is 0 Å². The molecule has 0 radical (unpaired) electrons. The highest BCUT2D eigenvalue weighted by Crippen LogP contribution is 2.26. The van der Waals surface area contributed by atoms with Gasteiger partial charge >= 0.3 is 5.97 Å². The lowest BCUT2D eigenvalue weighted by atomic mass is 9.87. The molecule has 0 atom stereocenters. The van der Waals surface area contributed by atoms with Crippen LogP contribution in [-0.2, 0) is 4.79 Å². The number of rotatable bonds is 4. The highest BCUT2D eigenvalue weighted by atomic mass is 32.1. The van der Waals surface area contributed by atoms with Gasteiger partial charge in [-0.05, 0) is 56.2 Å². The number of aliphatic carboxylic acids is 1. The molecule has 1 aromatic rings. The predicted molar refractivity (Wildman–Crippen MR) is 84.6 cm³/mol. The second kappa shape index (κ2) is 6.89. The van der Waals surface area contributed by atoms with Crippen LogP contribution in [0.1, 0.15) is 52.7 Å². The third-order valence-electron chi connectivity index (χ3n) is 3.91. The topological polar surface area (TPSA) is 66.4 Å². The van der Waals surface area contributed by atoms with Crippen LogP contribution in [0.5, 0.6) is 0 Å². The predicted octanol–water partition coefficient (Wildman–Crippen LogP) is 3.46. The number of nitrogens with one attached hydrogen (secondary N) is 1. The molecule has 2 rings (SSSR count). The fourth-order valence-electron chi connectivity index (χ4n) is 2.58. The standard InChI is InChI=1S/C16H21NO3S/c1-10-3-5-12(6-4-10)17-16(20)14-9-11(2)13(21-14)7-8-15(18)19/h7-10,12H,3-6H2,1-2H3,(H,17,20)(H,18,19)/b8-7+. The van der Waals surface area contributed by atoms with E-state index in [0.717, 1.165) is 35.3 Å². The number of carbonyl (C=O) groups is 2. The summed E-state index contributed by atoms with van der Waals surface area (Å²) in [6.45, 7) is 4.14. The van der Waals surface area contributed by atoms with E-state index in [1.165, 1.54) is 24.2 Å². The number of carboxylic acids is 1. The summed E-state index contributed by atoms with van der Waals surface area (Å²) in [5.74, 6) is -0.266. The van der Waals surface area contributed by atoms with Crippen molar-refractivity contribution in [2.24, 2.45) is 5.92 Å². The van der Waals surface area contributed by atoms with Gasteiger partial charge in [-0.15, -0.1) is 11.3 Å². The van der Waals surface area contributed by atoms with E-state index in [0.29, 0.717) is 4.88 Å². The van der Waals surface area contributed by atoms with Gasteiger partial charge in [-0.3, -0.25) is 4.79 Å². The van der Waals surface area contributed by atoms with Gasteiger partial charge in [-0.25, -0.2) is 4.79 Å². The summed E-state index contributed by atoms with van der Waals surface area (Å²) in [5.41, 5.74) is 0.930. The Morgan fingerprint density at radius 1 is 1.33 bits per heavy atom. The minimum Gasteiger partial charge on any atom is -0.478 e. The van der Waals surface area contributed by atoms with Crippen molar-refractivity contribution in [3.63, 3.8) is 0 Å². The Morgan fingerprint density at radius 3 is 2.62 bits per heavy atom. The Labute approximate surface area is 128 Å². The minimum atomic E-state index is -0.981. The molecule has 1 amide bonds. The molecule has 0 aliphatic heterocycles. The lowest BCUT2D eigenvalue weighted by molar-refractivity contribution is -0.131. The van der Waals surface area contributed by atoms with Gasteiger partial charge < -0.3 is 10.4 Å². The first-order valence-corrected chi connectivity index (χ1v) is 8.09.